The third-order valence-electron chi connectivity index (χ3n) is 1.51. The van der Waals surface area contributed by atoms with E-state index in [-0.39, 0.29) is 11.4 Å². The monoisotopic (exact) mass is 261 g/mol. The number of benzene rings is 1. The number of hydrogen-bond acceptors (Lipinski definition) is 6. The van der Waals surface area contributed by atoms with Gasteiger partial charge in [-0.2, -0.15) is 0 Å². The first-order valence-electron chi connectivity index (χ1n) is 3.94. The highest BCUT2D eigenvalue weighted by atomic mass is 32.3. The molecule has 17 heavy (non-hydrogen) atoms. The molecule has 92 valence electrons. The van der Waals surface area contributed by atoms with Crippen molar-refractivity contribution in [1.29, 1.82) is 5.39 Å². The number of nitro groups is 1. The molecule has 0 aromatic heterocycles. The van der Waals surface area contributed by atoms with Crippen LogP contribution in [0.5, 0.6) is 0 Å². The van der Waals surface area contributed by atoms with Gasteiger partial charge in [-0.25, -0.2) is 8.42 Å². The van der Waals surface area contributed by atoms with Gasteiger partial charge in [0.25, 0.3) is 0 Å². The third-order valence-corrected chi connectivity index (χ3v) is 1.51. The van der Waals surface area contributed by atoms with Crippen molar-refractivity contribution >= 4 is 21.8 Å². The fraction of sp³-hybridized carbons (Fsp3) is 0.143. The van der Waals surface area contributed by atoms with Crippen LogP contribution in [0.4, 0.5) is 11.4 Å². The molecule has 0 aliphatic rings. The van der Waals surface area contributed by atoms with Gasteiger partial charge in [0.1, 0.15) is 0 Å². The van der Waals surface area contributed by atoms with Crippen LogP contribution < -0.4 is 0 Å². The van der Waals surface area contributed by atoms with E-state index in [9.17, 15) is 10.1 Å². The number of nitrogens with zero attached hydrogens (tertiary/aromatic N) is 3. The SMILES string of the molecule is Cc1cccc([N+](=O)[O-])c1[N+]#N.O=S(=O)([O-])O. The maximum Gasteiger partial charge on any atom is 0.463 e. The summed E-state index contributed by atoms with van der Waals surface area (Å²) in [4.78, 5) is 12.6. The minimum Gasteiger partial charge on any atom is -0.726 e. The van der Waals surface area contributed by atoms with Crippen molar-refractivity contribution in [2.24, 2.45) is 0 Å². The Morgan fingerprint density at radius 2 is 1.94 bits per heavy atom. The van der Waals surface area contributed by atoms with E-state index in [2.05, 4.69) is 4.98 Å². The van der Waals surface area contributed by atoms with Crippen molar-refractivity contribution in [3.8, 4) is 0 Å². The van der Waals surface area contributed by atoms with Crippen LogP contribution in [0.15, 0.2) is 18.2 Å². The lowest BCUT2D eigenvalue weighted by Gasteiger charge is -1.88. The van der Waals surface area contributed by atoms with Gasteiger partial charge in [-0.3, -0.25) is 14.7 Å². The Labute approximate surface area is 96.0 Å². The lowest BCUT2D eigenvalue weighted by Crippen LogP contribution is -1.90. The average molecular weight is 261 g/mol. The van der Waals surface area contributed by atoms with Crippen molar-refractivity contribution in [2.75, 3.05) is 0 Å². The Morgan fingerprint density at radius 3 is 2.24 bits per heavy atom. The van der Waals surface area contributed by atoms with Gasteiger partial charge in [-0.15, -0.1) is 0 Å². The quantitative estimate of drug-likeness (QED) is 0.264. The highest BCUT2D eigenvalue weighted by molar-refractivity contribution is 7.79. The van der Waals surface area contributed by atoms with Crippen LogP contribution in [-0.4, -0.2) is 22.4 Å². The Hall–Kier alpha value is -2.09. The first-order chi connectivity index (χ1) is 7.66. The smallest absolute Gasteiger partial charge is 0.463 e. The molecule has 0 aliphatic carbocycles. The van der Waals surface area contributed by atoms with E-state index in [0.29, 0.717) is 5.56 Å². The molecule has 0 spiro atoms. The molecular formula is C7H7N3O6S. The van der Waals surface area contributed by atoms with Crippen molar-refractivity contribution in [2.45, 2.75) is 6.92 Å². The van der Waals surface area contributed by atoms with E-state index in [1.165, 1.54) is 6.07 Å². The molecule has 0 heterocycles. The summed E-state index contributed by atoms with van der Waals surface area (Å²) >= 11 is 0. The number of rotatable bonds is 1. The van der Waals surface area contributed by atoms with Crippen molar-refractivity contribution < 1.29 is 22.4 Å². The molecule has 0 fully saturated rings. The molecule has 9 nitrogen and oxygen atoms in total. The summed E-state index contributed by atoms with van der Waals surface area (Å²) in [7, 11) is -4.92. The molecule has 0 atom stereocenters. The van der Waals surface area contributed by atoms with Crippen molar-refractivity contribution in [3.63, 3.8) is 0 Å². The van der Waals surface area contributed by atoms with Gasteiger partial charge in [0, 0.05) is 6.07 Å². The molecule has 0 unspecified atom stereocenters. The van der Waals surface area contributed by atoms with Crippen LogP contribution in [0.1, 0.15) is 5.56 Å². The van der Waals surface area contributed by atoms with Gasteiger partial charge in [0.15, 0.2) is 4.98 Å². The molecule has 0 saturated heterocycles. The average Bonchev–Trinajstić information content (AvgIpc) is 2.14. The number of aryl methyl sites for hydroxylation is 1. The third kappa shape index (κ3) is 6.15. The summed E-state index contributed by atoms with van der Waals surface area (Å²) in [5.74, 6) is 0. The van der Waals surface area contributed by atoms with Gasteiger partial charge in [0.2, 0.25) is 15.8 Å². The highest BCUT2D eigenvalue weighted by Gasteiger charge is 2.26. The van der Waals surface area contributed by atoms with E-state index in [0.717, 1.165) is 0 Å². The van der Waals surface area contributed by atoms with E-state index in [4.69, 9.17) is 22.9 Å². The predicted molar refractivity (Wildman–Crippen MR) is 54.9 cm³/mol. The molecule has 0 saturated carbocycles. The summed E-state index contributed by atoms with van der Waals surface area (Å²) in [5.41, 5.74) is 0.409. The molecule has 0 aliphatic heterocycles. The molecule has 1 aromatic rings. The van der Waals surface area contributed by atoms with Gasteiger partial charge in [-0.1, -0.05) is 12.1 Å². The van der Waals surface area contributed by atoms with Gasteiger partial charge in [-0.05, 0) is 6.92 Å². The van der Waals surface area contributed by atoms with E-state index in [1.54, 1.807) is 19.1 Å². The summed E-state index contributed by atoms with van der Waals surface area (Å²) in [5, 5.41) is 18.8. The zero-order valence-corrected chi connectivity index (χ0v) is 9.29. The fourth-order valence-corrected chi connectivity index (χ4v) is 0.921. The first kappa shape index (κ1) is 14.9. The Kier molecular flexibility index (Phi) is 5.13. The molecule has 1 N–H and O–H groups in total. The van der Waals surface area contributed by atoms with Crippen LogP contribution >= 0.6 is 0 Å². The van der Waals surface area contributed by atoms with Gasteiger partial charge < -0.3 is 4.55 Å². The second-order valence-electron chi connectivity index (χ2n) is 2.73. The van der Waals surface area contributed by atoms with Gasteiger partial charge in [0.05, 0.1) is 10.5 Å². The first-order valence-corrected chi connectivity index (χ1v) is 5.30. The molecule has 1 aromatic carbocycles. The van der Waals surface area contributed by atoms with Crippen LogP contribution in [0.2, 0.25) is 0 Å². The zero-order valence-electron chi connectivity index (χ0n) is 8.47. The van der Waals surface area contributed by atoms with E-state index in [1.807, 2.05) is 0 Å². The minimum atomic E-state index is -4.92. The highest BCUT2D eigenvalue weighted by Crippen LogP contribution is 2.29. The van der Waals surface area contributed by atoms with Crippen LogP contribution in [0, 0.1) is 22.4 Å². The maximum atomic E-state index is 10.4. The van der Waals surface area contributed by atoms with E-state index >= 15 is 0 Å². The van der Waals surface area contributed by atoms with Crippen molar-refractivity contribution in [1.82, 2.24) is 0 Å². The number of hydrogen-bond donors (Lipinski definition) is 1. The standard InChI is InChI=1S/C7H6N3O2.H2O4S/c1-5-3-2-4-6(10(11)12)7(5)9-8;1-5(2,3)4/h2-4H,1H3;(H2,1,2,3,4)/q+1;/p-1. The van der Waals surface area contributed by atoms with Gasteiger partial charge >= 0.3 is 11.4 Å². The Bertz CT molecular complexity index is 553. The topological polar surface area (TPSA) is 149 Å². The molecule has 0 bridgehead atoms. The largest absolute Gasteiger partial charge is 0.726 e. The normalized spacial score (nSPS) is 9.76. The molecular weight excluding hydrogens is 254 g/mol. The summed E-state index contributed by atoms with van der Waals surface area (Å²) in [6, 6.07) is 4.48. The van der Waals surface area contributed by atoms with Crippen LogP contribution in [0.25, 0.3) is 4.98 Å². The predicted octanol–water partition coefficient (Wildman–Crippen LogP) is 1.39. The maximum absolute atomic E-state index is 10.4. The number of diazo groups is 1. The van der Waals surface area contributed by atoms with Crippen LogP contribution in [-0.2, 0) is 10.4 Å². The summed E-state index contributed by atoms with van der Waals surface area (Å²) < 4.78 is 32.8. The van der Waals surface area contributed by atoms with Crippen LogP contribution in [0.3, 0.4) is 0 Å². The lowest BCUT2D eigenvalue weighted by molar-refractivity contribution is -0.383. The Balaban J connectivity index is 0.000000437. The molecule has 0 radical (unpaired) electrons. The molecule has 0 amide bonds. The lowest BCUT2D eigenvalue weighted by atomic mass is 10.2. The van der Waals surface area contributed by atoms with E-state index < -0.39 is 15.3 Å². The summed E-state index contributed by atoms with van der Waals surface area (Å²) in [6.45, 7) is 1.64. The Morgan fingerprint density at radius 1 is 1.47 bits per heavy atom. The number of nitro benzene ring substituents is 1. The second kappa shape index (κ2) is 5.85. The van der Waals surface area contributed by atoms with Crippen molar-refractivity contribution in [3.05, 3.63) is 38.9 Å². The minimum absolute atomic E-state index is 0.0162. The second-order valence-corrected chi connectivity index (χ2v) is 3.58. The summed E-state index contributed by atoms with van der Waals surface area (Å²) in [6.07, 6.45) is 0. The fourth-order valence-electron chi connectivity index (χ4n) is 0.921. The molecule has 10 heteroatoms. The zero-order chi connectivity index (χ0) is 13.6. The molecule has 1 rings (SSSR count).